The molecule has 0 bridgehead atoms. The van der Waals surface area contributed by atoms with Crippen molar-refractivity contribution in [3.8, 4) is 17.1 Å². The van der Waals surface area contributed by atoms with E-state index in [0.29, 0.717) is 12.4 Å². The summed E-state index contributed by atoms with van der Waals surface area (Å²) in [7, 11) is 0. The number of ether oxygens (including phenoxy) is 1. The standard InChI is InChI=1S/C19H16N2O4/c1-13(19(22)23)11-17-20-18(21-25-17)15-7-9-16(10-8-15)24-12-14-5-3-2-4-6-14/h2-10H,1,11-12H2,(H,22,23). The van der Waals surface area contributed by atoms with E-state index in [1.807, 2.05) is 54.6 Å². The van der Waals surface area contributed by atoms with Gasteiger partial charge < -0.3 is 14.4 Å². The zero-order valence-corrected chi connectivity index (χ0v) is 13.4. The molecule has 25 heavy (non-hydrogen) atoms. The van der Waals surface area contributed by atoms with Crippen molar-refractivity contribution < 1.29 is 19.2 Å². The van der Waals surface area contributed by atoms with Gasteiger partial charge in [-0.05, 0) is 29.8 Å². The van der Waals surface area contributed by atoms with Gasteiger partial charge in [-0.25, -0.2) is 4.79 Å². The third-order valence-electron chi connectivity index (χ3n) is 3.50. The molecule has 2 aromatic carbocycles. The molecule has 3 aromatic rings. The Bertz CT molecular complexity index is 870. The highest BCUT2D eigenvalue weighted by Gasteiger charge is 2.13. The maximum Gasteiger partial charge on any atom is 0.331 e. The molecule has 6 heteroatoms. The second kappa shape index (κ2) is 7.44. The molecular formula is C19H16N2O4. The molecule has 0 spiro atoms. The first-order chi connectivity index (χ1) is 12.1. The summed E-state index contributed by atoms with van der Waals surface area (Å²) in [6.07, 6.45) is 0.0145. The highest BCUT2D eigenvalue weighted by atomic mass is 16.5. The van der Waals surface area contributed by atoms with Crippen molar-refractivity contribution in [2.45, 2.75) is 13.0 Å². The van der Waals surface area contributed by atoms with Gasteiger partial charge in [-0.1, -0.05) is 42.1 Å². The fraction of sp³-hybridized carbons (Fsp3) is 0.105. The monoisotopic (exact) mass is 336 g/mol. The van der Waals surface area contributed by atoms with E-state index in [9.17, 15) is 4.79 Å². The SMILES string of the molecule is C=C(Cc1nc(-c2ccc(OCc3ccccc3)cc2)no1)C(=O)O. The lowest BCUT2D eigenvalue weighted by Gasteiger charge is -2.06. The van der Waals surface area contributed by atoms with Gasteiger partial charge in [0.15, 0.2) is 0 Å². The summed E-state index contributed by atoms with van der Waals surface area (Å²) in [5, 5.41) is 12.7. The van der Waals surface area contributed by atoms with Crippen LogP contribution in [0, 0.1) is 0 Å². The Kier molecular flexibility index (Phi) is 4.89. The normalized spacial score (nSPS) is 10.4. The van der Waals surface area contributed by atoms with E-state index in [1.165, 1.54) is 0 Å². The number of rotatable bonds is 7. The van der Waals surface area contributed by atoms with Gasteiger partial charge in [0.25, 0.3) is 0 Å². The molecule has 0 atom stereocenters. The molecule has 0 aliphatic carbocycles. The molecule has 0 saturated carbocycles. The first-order valence-electron chi connectivity index (χ1n) is 7.62. The van der Waals surface area contributed by atoms with Gasteiger partial charge in [0.1, 0.15) is 12.4 Å². The molecule has 1 N–H and O–H groups in total. The van der Waals surface area contributed by atoms with Crippen LogP contribution in [0.5, 0.6) is 5.75 Å². The number of hydrogen-bond acceptors (Lipinski definition) is 5. The minimum absolute atomic E-state index is 0.000130. The smallest absolute Gasteiger partial charge is 0.331 e. The van der Waals surface area contributed by atoms with Crippen LogP contribution in [0.25, 0.3) is 11.4 Å². The van der Waals surface area contributed by atoms with E-state index in [2.05, 4.69) is 16.7 Å². The summed E-state index contributed by atoms with van der Waals surface area (Å²) in [6, 6.07) is 17.2. The van der Waals surface area contributed by atoms with Crippen LogP contribution in [-0.4, -0.2) is 21.2 Å². The van der Waals surface area contributed by atoms with Gasteiger partial charge in [0, 0.05) is 11.1 Å². The van der Waals surface area contributed by atoms with E-state index in [-0.39, 0.29) is 17.9 Å². The van der Waals surface area contributed by atoms with Gasteiger partial charge >= 0.3 is 5.97 Å². The zero-order valence-electron chi connectivity index (χ0n) is 13.4. The Labute approximate surface area is 144 Å². The second-order valence-electron chi connectivity index (χ2n) is 5.40. The quantitative estimate of drug-likeness (QED) is 0.665. The number of carboxylic acids is 1. The van der Waals surface area contributed by atoms with Crippen molar-refractivity contribution in [1.82, 2.24) is 10.1 Å². The predicted molar refractivity (Wildman–Crippen MR) is 91.0 cm³/mol. The molecule has 1 aromatic heterocycles. The van der Waals surface area contributed by atoms with Crippen LogP contribution in [0.15, 0.2) is 71.3 Å². The van der Waals surface area contributed by atoms with Crippen molar-refractivity contribution in [3.05, 3.63) is 78.2 Å². The summed E-state index contributed by atoms with van der Waals surface area (Å²) in [4.78, 5) is 15.0. The Morgan fingerprint density at radius 1 is 1.12 bits per heavy atom. The largest absolute Gasteiger partial charge is 0.489 e. The van der Waals surface area contributed by atoms with Gasteiger partial charge in [-0.2, -0.15) is 4.98 Å². The lowest BCUT2D eigenvalue weighted by Crippen LogP contribution is -2.02. The predicted octanol–water partition coefficient (Wildman–Crippen LogP) is 3.50. The molecule has 126 valence electrons. The number of nitrogens with zero attached hydrogens (tertiary/aromatic N) is 2. The molecule has 0 aliphatic rings. The average molecular weight is 336 g/mol. The van der Waals surface area contributed by atoms with Crippen LogP contribution in [0.2, 0.25) is 0 Å². The number of benzene rings is 2. The zero-order chi connectivity index (χ0) is 17.6. The van der Waals surface area contributed by atoms with Crippen molar-refractivity contribution in [3.63, 3.8) is 0 Å². The van der Waals surface area contributed by atoms with Crippen molar-refractivity contribution in [2.75, 3.05) is 0 Å². The number of hydrogen-bond donors (Lipinski definition) is 1. The molecule has 6 nitrogen and oxygen atoms in total. The van der Waals surface area contributed by atoms with E-state index >= 15 is 0 Å². The Morgan fingerprint density at radius 3 is 2.52 bits per heavy atom. The van der Waals surface area contributed by atoms with E-state index in [0.717, 1.165) is 16.9 Å². The van der Waals surface area contributed by atoms with Crippen LogP contribution in [-0.2, 0) is 17.8 Å². The fourth-order valence-electron chi connectivity index (χ4n) is 2.14. The summed E-state index contributed by atoms with van der Waals surface area (Å²) in [5.74, 6) is 0.254. The second-order valence-corrected chi connectivity index (χ2v) is 5.40. The van der Waals surface area contributed by atoms with Crippen LogP contribution in [0.4, 0.5) is 0 Å². The van der Waals surface area contributed by atoms with E-state index in [4.69, 9.17) is 14.4 Å². The third kappa shape index (κ3) is 4.32. The number of carbonyl (C=O) groups is 1. The van der Waals surface area contributed by atoms with Crippen molar-refractivity contribution in [2.24, 2.45) is 0 Å². The minimum atomic E-state index is -1.08. The highest BCUT2D eigenvalue weighted by Crippen LogP contribution is 2.21. The Balaban J connectivity index is 1.63. The molecule has 0 radical (unpaired) electrons. The maximum atomic E-state index is 10.8. The lowest BCUT2D eigenvalue weighted by molar-refractivity contribution is -0.132. The van der Waals surface area contributed by atoms with Crippen LogP contribution in [0.3, 0.4) is 0 Å². The summed E-state index contributed by atoms with van der Waals surface area (Å²) in [5.41, 5.74) is 1.84. The van der Waals surface area contributed by atoms with Gasteiger partial charge in [0.2, 0.25) is 11.7 Å². The van der Waals surface area contributed by atoms with Crippen LogP contribution >= 0.6 is 0 Å². The first kappa shape index (κ1) is 16.4. The molecule has 1 heterocycles. The lowest BCUT2D eigenvalue weighted by atomic mass is 10.2. The summed E-state index contributed by atoms with van der Waals surface area (Å²) in [6.45, 7) is 3.93. The van der Waals surface area contributed by atoms with E-state index in [1.54, 1.807) is 0 Å². The molecule has 3 rings (SSSR count). The summed E-state index contributed by atoms with van der Waals surface area (Å²) < 4.78 is 10.8. The Morgan fingerprint density at radius 2 is 1.84 bits per heavy atom. The number of aliphatic carboxylic acids is 1. The third-order valence-corrected chi connectivity index (χ3v) is 3.50. The molecule has 0 aliphatic heterocycles. The topological polar surface area (TPSA) is 85.5 Å². The molecule has 0 fully saturated rings. The van der Waals surface area contributed by atoms with Gasteiger partial charge in [-0.15, -0.1) is 0 Å². The molecule has 0 unspecified atom stereocenters. The average Bonchev–Trinajstić information content (AvgIpc) is 3.09. The van der Waals surface area contributed by atoms with Crippen molar-refractivity contribution >= 4 is 5.97 Å². The fourth-order valence-corrected chi connectivity index (χ4v) is 2.14. The number of aromatic nitrogens is 2. The highest BCUT2D eigenvalue weighted by molar-refractivity contribution is 5.86. The Hall–Kier alpha value is -3.41. The van der Waals surface area contributed by atoms with Crippen LogP contribution < -0.4 is 4.74 Å². The number of carboxylic acid groups (broad SMARTS) is 1. The molecular weight excluding hydrogens is 320 g/mol. The first-order valence-corrected chi connectivity index (χ1v) is 7.62. The summed E-state index contributed by atoms with van der Waals surface area (Å²) >= 11 is 0. The molecule has 0 amide bonds. The van der Waals surface area contributed by atoms with Crippen LogP contribution in [0.1, 0.15) is 11.5 Å². The minimum Gasteiger partial charge on any atom is -0.489 e. The molecule has 0 saturated heterocycles. The van der Waals surface area contributed by atoms with Gasteiger partial charge in [-0.3, -0.25) is 0 Å². The van der Waals surface area contributed by atoms with Crippen molar-refractivity contribution in [1.29, 1.82) is 0 Å². The van der Waals surface area contributed by atoms with Gasteiger partial charge in [0.05, 0.1) is 6.42 Å². The van der Waals surface area contributed by atoms with E-state index < -0.39 is 5.97 Å². The maximum absolute atomic E-state index is 10.8.